The van der Waals surface area contributed by atoms with Crippen molar-refractivity contribution in [1.82, 2.24) is 0 Å². The van der Waals surface area contributed by atoms with Crippen molar-refractivity contribution in [3.8, 4) is 0 Å². The highest BCUT2D eigenvalue weighted by Crippen LogP contribution is 2.51. The number of benzene rings is 1. The zero-order valence-electron chi connectivity index (χ0n) is 7.97. The first-order valence-electron chi connectivity index (χ1n) is 5.15. The highest BCUT2D eigenvalue weighted by molar-refractivity contribution is 5.62. The minimum absolute atomic E-state index is 0.370. The van der Waals surface area contributed by atoms with Gasteiger partial charge in [-0.2, -0.15) is 0 Å². The van der Waals surface area contributed by atoms with Crippen LogP contribution in [0.5, 0.6) is 0 Å². The van der Waals surface area contributed by atoms with Crippen LogP contribution in [0.1, 0.15) is 0 Å². The van der Waals surface area contributed by atoms with E-state index in [4.69, 9.17) is 0 Å². The number of hydrogen-bond acceptors (Lipinski definition) is 2. The molecule has 1 saturated carbocycles. The molecule has 2 nitrogen and oxygen atoms in total. The molecule has 1 aliphatic carbocycles. The average Bonchev–Trinajstić information content (AvgIpc) is 2.72. The maximum Gasteiger partial charge on any atom is 0.123 e. The number of nitrogens with zero attached hydrogens (tertiary/aromatic N) is 1. The van der Waals surface area contributed by atoms with Gasteiger partial charge in [-0.05, 0) is 24.0 Å². The van der Waals surface area contributed by atoms with Gasteiger partial charge >= 0.3 is 0 Å². The van der Waals surface area contributed by atoms with Gasteiger partial charge in [0.15, 0.2) is 0 Å². The minimum Gasteiger partial charge on any atom is -0.371 e. The fourth-order valence-electron chi connectivity index (χ4n) is 2.62. The predicted octanol–water partition coefficient (Wildman–Crippen LogP) is 1.57. The predicted molar refractivity (Wildman–Crippen MR) is 55.2 cm³/mol. The molecular formula is C12H13NO. The standard InChI is InChI=1S/C12H13NO/c14-8-12-10-6-13(7-11(10)12)9-4-2-1-3-5-9/h1-5,8,10-12H,6-7H2. The quantitative estimate of drug-likeness (QED) is 0.655. The molecule has 0 spiro atoms. The van der Waals surface area contributed by atoms with E-state index in [-0.39, 0.29) is 0 Å². The zero-order chi connectivity index (χ0) is 9.54. The third-order valence-corrected chi connectivity index (χ3v) is 3.54. The Bertz CT molecular complexity index is 337. The molecule has 1 heterocycles. The highest BCUT2D eigenvalue weighted by atomic mass is 16.1. The Morgan fingerprint density at radius 1 is 1.14 bits per heavy atom. The number of piperidine rings is 1. The number of para-hydroxylation sites is 1. The molecule has 2 atom stereocenters. The topological polar surface area (TPSA) is 20.3 Å². The number of hydrogen-bond donors (Lipinski definition) is 0. The Morgan fingerprint density at radius 3 is 2.36 bits per heavy atom. The first-order valence-corrected chi connectivity index (χ1v) is 5.15. The van der Waals surface area contributed by atoms with Crippen LogP contribution >= 0.6 is 0 Å². The van der Waals surface area contributed by atoms with E-state index in [1.165, 1.54) is 5.69 Å². The minimum atomic E-state index is 0.370. The van der Waals surface area contributed by atoms with Crippen molar-refractivity contribution in [1.29, 1.82) is 0 Å². The largest absolute Gasteiger partial charge is 0.371 e. The summed E-state index contributed by atoms with van der Waals surface area (Å²) in [7, 11) is 0. The molecule has 2 aliphatic rings. The molecule has 0 aromatic heterocycles. The number of aldehydes is 1. The Morgan fingerprint density at radius 2 is 1.79 bits per heavy atom. The van der Waals surface area contributed by atoms with E-state index in [0.717, 1.165) is 19.4 Å². The summed E-state index contributed by atoms with van der Waals surface area (Å²) in [6, 6.07) is 10.4. The normalized spacial score (nSPS) is 34.0. The third kappa shape index (κ3) is 1.07. The van der Waals surface area contributed by atoms with Crippen LogP contribution in [0.15, 0.2) is 30.3 Å². The number of fused-ring (bicyclic) bond motifs is 1. The summed E-state index contributed by atoms with van der Waals surface area (Å²) >= 11 is 0. The van der Waals surface area contributed by atoms with Crippen LogP contribution in [-0.4, -0.2) is 19.4 Å². The second kappa shape index (κ2) is 2.84. The van der Waals surface area contributed by atoms with Crippen molar-refractivity contribution in [3.63, 3.8) is 0 Å². The van der Waals surface area contributed by atoms with Gasteiger partial charge in [-0.1, -0.05) is 18.2 Å². The second-order valence-electron chi connectivity index (χ2n) is 4.28. The van der Waals surface area contributed by atoms with Crippen molar-refractivity contribution in [3.05, 3.63) is 30.3 Å². The highest BCUT2D eigenvalue weighted by Gasteiger charge is 2.55. The molecule has 1 saturated heterocycles. The van der Waals surface area contributed by atoms with Crippen molar-refractivity contribution < 1.29 is 4.79 Å². The summed E-state index contributed by atoms with van der Waals surface area (Å²) in [5.74, 6) is 1.66. The van der Waals surface area contributed by atoms with Gasteiger partial charge < -0.3 is 9.69 Å². The molecule has 14 heavy (non-hydrogen) atoms. The fourth-order valence-corrected chi connectivity index (χ4v) is 2.62. The molecule has 3 rings (SSSR count). The number of carbonyl (C=O) groups is 1. The molecule has 1 aliphatic heterocycles. The van der Waals surface area contributed by atoms with Gasteiger partial charge in [0, 0.05) is 24.7 Å². The molecule has 72 valence electrons. The summed E-state index contributed by atoms with van der Waals surface area (Å²) < 4.78 is 0. The Balaban J connectivity index is 1.72. The zero-order valence-corrected chi connectivity index (χ0v) is 7.97. The smallest absolute Gasteiger partial charge is 0.123 e. The van der Waals surface area contributed by atoms with Crippen LogP contribution in [-0.2, 0) is 4.79 Å². The summed E-state index contributed by atoms with van der Waals surface area (Å²) in [5.41, 5.74) is 1.30. The van der Waals surface area contributed by atoms with Gasteiger partial charge in [0.2, 0.25) is 0 Å². The van der Waals surface area contributed by atoms with E-state index >= 15 is 0 Å². The lowest BCUT2D eigenvalue weighted by molar-refractivity contribution is -0.109. The Hall–Kier alpha value is -1.31. The molecule has 0 bridgehead atoms. The lowest BCUT2D eigenvalue weighted by atomic mass is 10.2. The van der Waals surface area contributed by atoms with E-state index in [2.05, 4.69) is 29.2 Å². The van der Waals surface area contributed by atoms with Crippen LogP contribution in [0.4, 0.5) is 5.69 Å². The average molecular weight is 187 g/mol. The number of anilines is 1. The first-order chi connectivity index (χ1) is 6.90. The Kier molecular flexibility index (Phi) is 1.63. The van der Waals surface area contributed by atoms with Crippen LogP contribution in [0.2, 0.25) is 0 Å². The van der Waals surface area contributed by atoms with Crippen LogP contribution in [0.25, 0.3) is 0 Å². The fraction of sp³-hybridized carbons (Fsp3) is 0.417. The van der Waals surface area contributed by atoms with Gasteiger partial charge in [0.25, 0.3) is 0 Å². The molecule has 0 N–H and O–H groups in total. The summed E-state index contributed by atoms with van der Waals surface area (Å²) in [4.78, 5) is 13.0. The van der Waals surface area contributed by atoms with Gasteiger partial charge in [0.1, 0.15) is 6.29 Å². The summed E-state index contributed by atoms with van der Waals surface area (Å²) in [5, 5.41) is 0. The van der Waals surface area contributed by atoms with Gasteiger partial charge in [-0.15, -0.1) is 0 Å². The van der Waals surface area contributed by atoms with Gasteiger partial charge in [-0.25, -0.2) is 0 Å². The van der Waals surface area contributed by atoms with Gasteiger partial charge in [-0.3, -0.25) is 0 Å². The van der Waals surface area contributed by atoms with Crippen molar-refractivity contribution in [2.24, 2.45) is 17.8 Å². The van der Waals surface area contributed by atoms with E-state index in [9.17, 15) is 4.79 Å². The maximum absolute atomic E-state index is 10.6. The van der Waals surface area contributed by atoms with E-state index in [1.807, 2.05) is 6.07 Å². The van der Waals surface area contributed by atoms with Crippen molar-refractivity contribution >= 4 is 12.0 Å². The lowest BCUT2D eigenvalue weighted by Crippen LogP contribution is -2.23. The van der Waals surface area contributed by atoms with E-state index in [0.29, 0.717) is 17.8 Å². The number of carbonyl (C=O) groups excluding carboxylic acids is 1. The Labute approximate surface area is 83.5 Å². The van der Waals surface area contributed by atoms with E-state index < -0.39 is 0 Å². The molecule has 1 aromatic rings. The molecule has 2 heteroatoms. The lowest BCUT2D eigenvalue weighted by Gasteiger charge is -2.20. The SMILES string of the molecule is O=CC1C2CN(c3ccccc3)CC12. The molecular weight excluding hydrogens is 174 g/mol. The molecule has 1 aromatic carbocycles. The molecule has 2 fully saturated rings. The van der Waals surface area contributed by atoms with Crippen molar-refractivity contribution in [2.45, 2.75) is 0 Å². The maximum atomic E-state index is 10.6. The van der Waals surface area contributed by atoms with Crippen LogP contribution in [0.3, 0.4) is 0 Å². The van der Waals surface area contributed by atoms with Crippen LogP contribution in [0, 0.1) is 17.8 Å². The van der Waals surface area contributed by atoms with E-state index in [1.54, 1.807) is 0 Å². The number of rotatable bonds is 2. The molecule has 0 radical (unpaired) electrons. The van der Waals surface area contributed by atoms with Crippen LogP contribution < -0.4 is 4.90 Å². The monoisotopic (exact) mass is 187 g/mol. The molecule has 2 unspecified atom stereocenters. The van der Waals surface area contributed by atoms with Crippen molar-refractivity contribution in [2.75, 3.05) is 18.0 Å². The summed E-state index contributed by atoms with van der Waals surface area (Å²) in [6.07, 6.45) is 1.14. The first kappa shape index (κ1) is 8.04. The van der Waals surface area contributed by atoms with Gasteiger partial charge in [0.05, 0.1) is 0 Å². The second-order valence-corrected chi connectivity index (χ2v) is 4.28. The third-order valence-electron chi connectivity index (χ3n) is 3.54. The summed E-state index contributed by atoms with van der Waals surface area (Å²) in [6.45, 7) is 2.14. The molecule has 0 amide bonds.